The molecule has 0 radical (unpaired) electrons. The van der Waals surface area contributed by atoms with Gasteiger partial charge in [-0.3, -0.25) is 4.79 Å². The molecule has 1 fully saturated rings. The summed E-state index contributed by atoms with van der Waals surface area (Å²) >= 11 is 0. The maximum absolute atomic E-state index is 11.9. The highest BCUT2D eigenvalue weighted by Gasteiger charge is 2.27. The molecule has 1 aromatic rings. The van der Waals surface area contributed by atoms with E-state index in [1.807, 2.05) is 24.3 Å². The predicted molar refractivity (Wildman–Crippen MR) is 74.8 cm³/mol. The zero-order valence-corrected chi connectivity index (χ0v) is 11.2. The van der Waals surface area contributed by atoms with Crippen molar-refractivity contribution in [2.45, 2.75) is 26.7 Å². The zero-order valence-electron chi connectivity index (χ0n) is 11.2. The van der Waals surface area contributed by atoms with Gasteiger partial charge in [0.15, 0.2) is 0 Å². The normalized spacial score (nSPS) is 16.1. The first-order valence-corrected chi connectivity index (χ1v) is 6.83. The van der Waals surface area contributed by atoms with Crippen LogP contribution in [0.25, 0.3) is 0 Å². The molecule has 1 unspecified atom stereocenters. The average Bonchev–Trinajstić information content (AvgIpc) is 3.21. The van der Waals surface area contributed by atoms with E-state index in [1.165, 1.54) is 12.8 Å². The van der Waals surface area contributed by atoms with Crippen molar-refractivity contribution in [2.24, 2.45) is 11.8 Å². The molecule has 1 aliphatic carbocycles. The first-order valence-electron chi connectivity index (χ1n) is 6.83. The lowest BCUT2D eigenvalue weighted by Crippen LogP contribution is -2.28. The molecular formula is C15H22N2O. The van der Waals surface area contributed by atoms with Crippen molar-refractivity contribution in [2.75, 3.05) is 18.4 Å². The minimum atomic E-state index is 0.0329. The molecular weight excluding hydrogens is 224 g/mol. The summed E-state index contributed by atoms with van der Waals surface area (Å²) < 4.78 is 0. The molecule has 0 bridgehead atoms. The maximum atomic E-state index is 11.9. The molecule has 0 spiro atoms. The molecule has 98 valence electrons. The summed E-state index contributed by atoms with van der Waals surface area (Å²) in [6.45, 7) is 5.95. The van der Waals surface area contributed by atoms with E-state index < -0.39 is 0 Å². The van der Waals surface area contributed by atoms with Gasteiger partial charge in [0.05, 0.1) is 0 Å². The third-order valence-corrected chi connectivity index (χ3v) is 3.54. The SMILES string of the molecule is CCNc1ccc(C(=O)NCC(C)C2CC2)cc1. The number of nitrogens with one attached hydrogen (secondary N) is 2. The Kier molecular flexibility index (Phi) is 4.24. The van der Waals surface area contributed by atoms with Gasteiger partial charge in [-0.25, -0.2) is 0 Å². The van der Waals surface area contributed by atoms with E-state index in [0.717, 1.165) is 30.3 Å². The minimum absolute atomic E-state index is 0.0329. The molecule has 1 amide bonds. The Labute approximate surface area is 109 Å². The number of hydrogen-bond donors (Lipinski definition) is 2. The zero-order chi connectivity index (χ0) is 13.0. The van der Waals surface area contributed by atoms with Gasteiger partial charge in [-0.05, 0) is 55.9 Å². The number of rotatable bonds is 6. The van der Waals surface area contributed by atoms with E-state index in [9.17, 15) is 4.79 Å². The fourth-order valence-corrected chi connectivity index (χ4v) is 2.13. The summed E-state index contributed by atoms with van der Waals surface area (Å²) in [5.74, 6) is 1.47. The van der Waals surface area contributed by atoms with E-state index >= 15 is 0 Å². The van der Waals surface area contributed by atoms with Crippen LogP contribution in [0.5, 0.6) is 0 Å². The standard InChI is InChI=1S/C15H22N2O/c1-3-16-14-8-6-13(7-9-14)15(18)17-10-11(2)12-4-5-12/h6-9,11-12,16H,3-5,10H2,1-2H3,(H,17,18). The Morgan fingerprint density at radius 3 is 2.56 bits per heavy atom. The monoisotopic (exact) mass is 246 g/mol. The van der Waals surface area contributed by atoms with Crippen LogP contribution in [0.3, 0.4) is 0 Å². The van der Waals surface area contributed by atoms with Gasteiger partial charge in [0.1, 0.15) is 0 Å². The Morgan fingerprint density at radius 1 is 1.33 bits per heavy atom. The fourth-order valence-electron chi connectivity index (χ4n) is 2.13. The molecule has 0 aliphatic heterocycles. The van der Waals surface area contributed by atoms with Crippen LogP contribution in [0.4, 0.5) is 5.69 Å². The molecule has 1 atom stereocenters. The molecule has 1 aliphatic rings. The highest BCUT2D eigenvalue weighted by atomic mass is 16.1. The second-order valence-electron chi connectivity index (χ2n) is 5.13. The van der Waals surface area contributed by atoms with E-state index in [0.29, 0.717) is 5.92 Å². The van der Waals surface area contributed by atoms with Crippen molar-refractivity contribution < 1.29 is 4.79 Å². The third kappa shape index (κ3) is 3.49. The van der Waals surface area contributed by atoms with Gasteiger partial charge in [0.2, 0.25) is 0 Å². The van der Waals surface area contributed by atoms with E-state index in [4.69, 9.17) is 0 Å². The molecule has 2 rings (SSSR count). The number of carbonyl (C=O) groups excluding carboxylic acids is 1. The van der Waals surface area contributed by atoms with Crippen molar-refractivity contribution >= 4 is 11.6 Å². The summed E-state index contributed by atoms with van der Waals surface area (Å²) in [6, 6.07) is 7.63. The lowest BCUT2D eigenvalue weighted by molar-refractivity contribution is 0.0946. The summed E-state index contributed by atoms with van der Waals surface area (Å²) in [5, 5.41) is 6.23. The largest absolute Gasteiger partial charge is 0.385 e. The van der Waals surface area contributed by atoms with Crippen LogP contribution < -0.4 is 10.6 Å². The molecule has 1 saturated carbocycles. The van der Waals surface area contributed by atoms with Gasteiger partial charge >= 0.3 is 0 Å². The van der Waals surface area contributed by atoms with Crippen molar-refractivity contribution in [3.05, 3.63) is 29.8 Å². The summed E-state index contributed by atoms with van der Waals surface area (Å²) in [4.78, 5) is 11.9. The van der Waals surface area contributed by atoms with Crippen molar-refractivity contribution in [1.29, 1.82) is 0 Å². The number of carbonyl (C=O) groups is 1. The van der Waals surface area contributed by atoms with Crippen molar-refractivity contribution in [3.63, 3.8) is 0 Å². The summed E-state index contributed by atoms with van der Waals surface area (Å²) in [7, 11) is 0. The molecule has 0 saturated heterocycles. The maximum Gasteiger partial charge on any atom is 0.251 e. The lowest BCUT2D eigenvalue weighted by Gasteiger charge is -2.11. The van der Waals surface area contributed by atoms with E-state index in [2.05, 4.69) is 24.5 Å². The van der Waals surface area contributed by atoms with Crippen LogP contribution in [0.1, 0.15) is 37.0 Å². The second-order valence-corrected chi connectivity index (χ2v) is 5.13. The van der Waals surface area contributed by atoms with Crippen LogP contribution in [0, 0.1) is 11.8 Å². The average molecular weight is 246 g/mol. The molecule has 3 nitrogen and oxygen atoms in total. The number of benzene rings is 1. The van der Waals surface area contributed by atoms with Gasteiger partial charge < -0.3 is 10.6 Å². The topological polar surface area (TPSA) is 41.1 Å². The van der Waals surface area contributed by atoms with Crippen LogP contribution in [0.2, 0.25) is 0 Å². The second kappa shape index (κ2) is 5.89. The number of hydrogen-bond acceptors (Lipinski definition) is 2. The molecule has 0 heterocycles. The number of anilines is 1. The van der Waals surface area contributed by atoms with E-state index in [-0.39, 0.29) is 5.91 Å². The Hall–Kier alpha value is -1.51. The first kappa shape index (κ1) is 12.9. The van der Waals surface area contributed by atoms with Gasteiger partial charge in [0, 0.05) is 24.3 Å². The smallest absolute Gasteiger partial charge is 0.251 e. The lowest BCUT2D eigenvalue weighted by atomic mass is 10.1. The van der Waals surface area contributed by atoms with Crippen molar-refractivity contribution in [3.8, 4) is 0 Å². The minimum Gasteiger partial charge on any atom is -0.385 e. The van der Waals surface area contributed by atoms with E-state index in [1.54, 1.807) is 0 Å². The fraction of sp³-hybridized carbons (Fsp3) is 0.533. The van der Waals surface area contributed by atoms with Crippen LogP contribution >= 0.6 is 0 Å². The molecule has 3 heteroatoms. The highest BCUT2D eigenvalue weighted by molar-refractivity contribution is 5.94. The van der Waals surface area contributed by atoms with Gasteiger partial charge in [-0.15, -0.1) is 0 Å². The van der Waals surface area contributed by atoms with Gasteiger partial charge in [0.25, 0.3) is 5.91 Å². The molecule has 0 aromatic heterocycles. The Morgan fingerprint density at radius 2 is 2.00 bits per heavy atom. The van der Waals surface area contributed by atoms with Gasteiger partial charge in [-0.2, -0.15) is 0 Å². The quantitative estimate of drug-likeness (QED) is 0.810. The van der Waals surface area contributed by atoms with Crippen LogP contribution in [-0.4, -0.2) is 19.0 Å². The van der Waals surface area contributed by atoms with Crippen molar-refractivity contribution in [1.82, 2.24) is 5.32 Å². The summed E-state index contributed by atoms with van der Waals surface area (Å²) in [6.07, 6.45) is 2.66. The van der Waals surface area contributed by atoms with Gasteiger partial charge in [-0.1, -0.05) is 6.92 Å². The molecule has 1 aromatic carbocycles. The Balaban J connectivity index is 1.83. The summed E-state index contributed by atoms with van der Waals surface area (Å²) in [5.41, 5.74) is 1.79. The van der Waals surface area contributed by atoms with Crippen LogP contribution in [-0.2, 0) is 0 Å². The predicted octanol–water partition coefficient (Wildman–Crippen LogP) is 2.89. The van der Waals surface area contributed by atoms with Crippen LogP contribution in [0.15, 0.2) is 24.3 Å². The molecule has 18 heavy (non-hydrogen) atoms. The first-order chi connectivity index (χ1) is 8.70. The number of amides is 1. The third-order valence-electron chi connectivity index (χ3n) is 3.54. The Bertz CT molecular complexity index is 395. The highest BCUT2D eigenvalue weighted by Crippen LogP contribution is 2.36. The molecule has 2 N–H and O–H groups in total.